The molecule has 0 saturated heterocycles. The van der Waals surface area contributed by atoms with Crippen molar-refractivity contribution in [1.82, 2.24) is 5.43 Å². The van der Waals surface area contributed by atoms with Gasteiger partial charge >= 0.3 is 0 Å². The summed E-state index contributed by atoms with van der Waals surface area (Å²) < 4.78 is 20.9. The average Bonchev–Trinajstić information content (AvgIpc) is 2.67. The maximum atomic E-state index is 5.32. The third kappa shape index (κ3) is 5.00. The number of hydrazone groups is 1. The van der Waals surface area contributed by atoms with Gasteiger partial charge in [-0.1, -0.05) is 0 Å². The van der Waals surface area contributed by atoms with Crippen molar-refractivity contribution >= 4 is 29.2 Å². The van der Waals surface area contributed by atoms with Gasteiger partial charge in [-0.25, -0.2) is 0 Å². The zero-order valence-electron chi connectivity index (χ0n) is 15.0. The molecule has 26 heavy (non-hydrogen) atoms. The first-order chi connectivity index (χ1) is 12.6. The van der Waals surface area contributed by atoms with Gasteiger partial charge in [-0.15, -0.1) is 0 Å². The maximum absolute atomic E-state index is 5.32. The van der Waals surface area contributed by atoms with E-state index >= 15 is 0 Å². The highest BCUT2D eigenvalue weighted by Gasteiger charge is 2.06. The Morgan fingerprint density at radius 3 is 2.27 bits per heavy atom. The summed E-state index contributed by atoms with van der Waals surface area (Å²) in [6.07, 6.45) is 1.61. The number of hydrogen-bond acceptors (Lipinski definition) is 6. The fourth-order valence-electron chi connectivity index (χ4n) is 2.16. The SMILES string of the molecule is COc1ccc(/C=N\NC(=S)Nc2ccc(OC)c(OC)c2)c(OC)c1. The van der Waals surface area contributed by atoms with Crippen molar-refractivity contribution < 1.29 is 18.9 Å². The average molecular weight is 375 g/mol. The molecule has 0 unspecified atom stereocenters. The molecule has 0 aliphatic heterocycles. The van der Waals surface area contributed by atoms with Gasteiger partial charge in [-0.05, 0) is 36.5 Å². The molecule has 0 amide bonds. The van der Waals surface area contributed by atoms with E-state index in [9.17, 15) is 0 Å². The lowest BCUT2D eigenvalue weighted by Crippen LogP contribution is -2.23. The van der Waals surface area contributed by atoms with Gasteiger partial charge in [0.15, 0.2) is 16.6 Å². The number of thiocarbonyl (C=S) groups is 1. The first-order valence-electron chi connectivity index (χ1n) is 7.65. The van der Waals surface area contributed by atoms with Crippen molar-refractivity contribution in [3.8, 4) is 23.0 Å². The van der Waals surface area contributed by atoms with Crippen molar-refractivity contribution in [2.45, 2.75) is 0 Å². The predicted molar refractivity (Wildman–Crippen MR) is 106 cm³/mol. The number of nitrogens with one attached hydrogen (secondary N) is 2. The Hall–Kier alpha value is -3.00. The lowest BCUT2D eigenvalue weighted by molar-refractivity contribution is 0.355. The van der Waals surface area contributed by atoms with Crippen LogP contribution in [0, 0.1) is 0 Å². The first kappa shape index (κ1) is 19.3. The summed E-state index contributed by atoms with van der Waals surface area (Å²) in [6, 6.07) is 10.8. The zero-order valence-corrected chi connectivity index (χ0v) is 15.8. The molecule has 2 rings (SSSR count). The van der Waals surface area contributed by atoms with Gasteiger partial charge in [-0.3, -0.25) is 5.43 Å². The topological polar surface area (TPSA) is 73.3 Å². The molecular formula is C18H21N3O4S. The molecular weight excluding hydrogens is 354 g/mol. The van der Waals surface area contributed by atoms with Crippen LogP contribution in [-0.4, -0.2) is 39.8 Å². The van der Waals surface area contributed by atoms with Crippen LogP contribution < -0.4 is 29.7 Å². The van der Waals surface area contributed by atoms with Crippen LogP contribution >= 0.6 is 12.2 Å². The standard InChI is InChI=1S/C18H21N3O4S/c1-22-14-7-5-12(16(10-14)24-3)11-19-21-18(26)20-13-6-8-15(23-2)17(9-13)25-4/h5-11H,1-4H3,(H2,20,21,26)/b19-11-. The fraction of sp³-hybridized carbons (Fsp3) is 0.222. The third-order valence-corrected chi connectivity index (χ3v) is 3.65. The molecule has 8 heteroatoms. The van der Waals surface area contributed by atoms with E-state index in [0.29, 0.717) is 28.1 Å². The number of nitrogens with zero attached hydrogens (tertiary/aromatic N) is 1. The lowest BCUT2D eigenvalue weighted by Gasteiger charge is -2.11. The summed E-state index contributed by atoms with van der Waals surface area (Å²) in [4.78, 5) is 0. The van der Waals surface area contributed by atoms with Crippen LogP contribution in [0.1, 0.15) is 5.56 Å². The summed E-state index contributed by atoms with van der Waals surface area (Å²) in [5, 5.41) is 7.48. The van der Waals surface area contributed by atoms with Crippen molar-refractivity contribution in [3.05, 3.63) is 42.0 Å². The molecule has 2 N–H and O–H groups in total. The Bertz CT molecular complexity index is 796. The molecule has 7 nitrogen and oxygen atoms in total. The molecule has 0 saturated carbocycles. The Labute approximate surface area is 157 Å². The second kappa shape index (κ2) is 9.47. The fourth-order valence-corrected chi connectivity index (χ4v) is 2.33. The third-order valence-electron chi connectivity index (χ3n) is 3.45. The summed E-state index contributed by atoms with van der Waals surface area (Å²) >= 11 is 5.23. The molecule has 2 aromatic rings. The molecule has 2 aromatic carbocycles. The largest absolute Gasteiger partial charge is 0.497 e. The molecule has 0 aromatic heterocycles. The van der Waals surface area contributed by atoms with E-state index in [2.05, 4.69) is 15.8 Å². The number of hydrogen-bond donors (Lipinski definition) is 2. The number of methoxy groups -OCH3 is 4. The number of benzene rings is 2. The molecule has 0 radical (unpaired) electrons. The van der Waals surface area contributed by atoms with Crippen molar-refractivity contribution in [1.29, 1.82) is 0 Å². The monoisotopic (exact) mass is 375 g/mol. The molecule has 0 fully saturated rings. The van der Waals surface area contributed by atoms with Gasteiger partial charge in [-0.2, -0.15) is 5.10 Å². The van der Waals surface area contributed by atoms with E-state index in [1.54, 1.807) is 52.9 Å². The van der Waals surface area contributed by atoms with E-state index in [-0.39, 0.29) is 0 Å². The Kier molecular flexibility index (Phi) is 7.04. The summed E-state index contributed by atoms with van der Waals surface area (Å²) in [7, 11) is 6.34. The molecule has 0 spiro atoms. The van der Waals surface area contributed by atoms with E-state index < -0.39 is 0 Å². The lowest BCUT2D eigenvalue weighted by atomic mass is 10.2. The van der Waals surface area contributed by atoms with Gasteiger partial charge in [0.05, 0.1) is 34.7 Å². The van der Waals surface area contributed by atoms with Crippen LogP contribution in [0.5, 0.6) is 23.0 Å². The van der Waals surface area contributed by atoms with Gasteiger partial charge in [0.25, 0.3) is 0 Å². The summed E-state index contributed by atoms with van der Waals surface area (Å²) in [5.74, 6) is 2.60. The van der Waals surface area contributed by atoms with Crippen LogP contribution in [0.4, 0.5) is 5.69 Å². The van der Waals surface area contributed by atoms with E-state index in [1.165, 1.54) is 0 Å². The highest BCUT2D eigenvalue weighted by Crippen LogP contribution is 2.29. The van der Waals surface area contributed by atoms with E-state index in [0.717, 1.165) is 11.3 Å². The van der Waals surface area contributed by atoms with Crippen LogP contribution in [0.15, 0.2) is 41.5 Å². The van der Waals surface area contributed by atoms with Crippen LogP contribution in [0.3, 0.4) is 0 Å². The van der Waals surface area contributed by atoms with Crippen molar-refractivity contribution in [2.24, 2.45) is 5.10 Å². The molecule has 0 heterocycles. The minimum atomic E-state index is 0.334. The molecule has 0 bridgehead atoms. The highest BCUT2D eigenvalue weighted by atomic mass is 32.1. The molecule has 138 valence electrons. The smallest absolute Gasteiger partial charge is 0.191 e. The minimum Gasteiger partial charge on any atom is -0.497 e. The summed E-state index contributed by atoms with van der Waals surface area (Å²) in [6.45, 7) is 0. The van der Waals surface area contributed by atoms with E-state index in [1.807, 2.05) is 18.2 Å². The first-order valence-corrected chi connectivity index (χ1v) is 8.06. The van der Waals surface area contributed by atoms with Gasteiger partial charge < -0.3 is 24.3 Å². The number of rotatable bonds is 7. The van der Waals surface area contributed by atoms with Crippen molar-refractivity contribution in [3.63, 3.8) is 0 Å². The normalized spacial score (nSPS) is 10.3. The summed E-state index contributed by atoms with van der Waals surface area (Å²) in [5.41, 5.74) is 4.29. The number of anilines is 1. The van der Waals surface area contributed by atoms with Crippen LogP contribution in [-0.2, 0) is 0 Å². The minimum absolute atomic E-state index is 0.334. The quantitative estimate of drug-likeness (QED) is 0.438. The molecule has 0 aliphatic carbocycles. The van der Waals surface area contributed by atoms with Gasteiger partial charge in [0.2, 0.25) is 0 Å². The zero-order chi connectivity index (χ0) is 18.9. The predicted octanol–water partition coefficient (Wildman–Crippen LogP) is 3.04. The maximum Gasteiger partial charge on any atom is 0.191 e. The van der Waals surface area contributed by atoms with E-state index in [4.69, 9.17) is 31.2 Å². The van der Waals surface area contributed by atoms with Crippen molar-refractivity contribution in [2.75, 3.05) is 33.8 Å². The van der Waals surface area contributed by atoms with Crippen LogP contribution in [0.25, 0.3) is 0 Å². The molecule has 0 aliphatic rings. The number of ether oxygens (including phenoxy) is 4. The second-order valence-electron chi connectivity index (χ2n) is 5.00. The highest BCUT2D eigenvalue weighted by molar-refractivity contribution is 7.80. The van der Waals surface area contributed by atoms with Crippen LogP contribution in [0.2, 0.25) is 0 Å². The second-order valence-corrected chi connectivity index (χ2v) is 5.41. The van der Waals surface area contributed by atoms with Gasteiger partial charge in [0.1, 0.15) is 11.5 Å². The Balaban J connectivity index is 1.99. The Morgan fingerprint density at radius 1 is 0.885 bits per heavy atom. The Morgan fingerprint density at radius 2 is 1.62 bits per heavy atom. The van der Waals surface area contributed by atoms with Gasteiger partial charge in [0, 0.05) is 23.4 Å². The molecule has 0 atom stereocenters.